The lowest BCUT2D eigenvalue weighted by Crippen LogP contribution is -2.45. The van der Waals surface area contributed by atoms with Gasteiger partial charge >= 0.3 is 5.69 Å². The van der Waals surface area contributed by atoms with Crippen molar-refractivity contribution in [3.05, 3.63) is 40.9 Å². The van der Waals surface area contributed by atoms with Gasteiger partial charge in [0, 0.05) is 11.6 Å². The number of fused-ring (bicyclic) bond motifs is 4. The van der Waals surface area contributed by atoms with Gasteiger partial charge in [0.15, 0.2) is 16.9 Å². The number of carbonyl (C=O) groups is 1. The molecular formula is C17H14N6O3. The van der Waals surface area contributed by atoms with E-state index in [2.05, 4.69) is 25.5 Å². The van der Waals surface area contributed by atoms with E-state index in [4.69, 9.17) is 4.74 Å². The number of anilines is 1. The van der Waals surface area contributed by atoms with Gasteiger partial charge in [-0.15, -0.1) is 10.2 Å². The Labute approximate surface area is 146 Å². The number of carbonyl (C=O) groups excluding carboxylic acids is 1. The van der Waals surface area contributed by atoms with Crippen LogP contribution in [-0.2, 0) is 4.79 Å². The first-order valence-corrected chi connectivity index (χ1v) is 8.03. The minimum atomic E-state index is -0.945. The fourth-order valence-corrected chi connectivity index (χ4v) is 3.16. The lowest BCUT2D eigenvalue weighted by molar-refractivity contribution is -0.129. The molecule has 4 heterocycles. The predicted molar refractivity (Wildman–Crippen MR) is 94.7 cm³/mol. The Morgan fingerprint density at radius 1 is 1.12 bits per heavy atom. The van der Waals surface area contributed by atoms with Gasteiger partial charge in [-0.25, -0.2) is 4.79 Å². The normalized spacial score (nSPS) is 15.7. The van der Waals surface area contributed by atoms with Gasteiger partial charge in [0.05, 0.1) is 11.4 Å². The Hall–Kier alpha value is -3.62. The molecule has 3 N–H and O–H groups in total. The van der Waals surface area contributed by atoms with Crippen molar-refractivity contribution in [2.75, 3.05) is 5.32 Å². The van der Waals surface area contributed by atoms with E-state index in [-0.39, 0.29) is 11.6 Å². The number of aromatic nitrogens is 5. The molecule has 0 fully saturated rings. The molecule has 0 atom stereocenters. The summed E-state index contributed by atoms with van der Waals surface area (Å²) in [5.41, 5.74) is 1.40. The van der Waals surface area contributed by atoms with Gasteiger partial charge in [-0.05, 0) is 38.1 Å². The van der Waals surface area contributed by atoms with Gasteiger partial charge in [-0.2, -0.15) is 0 Å². The highest BCUT2D eigenvalue weighted by molar-refractivity contribution is 6.01. The number of benzene rings is 1. The Morgan fingerprint density at radius 2 is 1.92 bits per heavy atom. The summed E-state index contributed by atoms with van der Waals surface area (Å²) < 4.78 is 7.25. The summed E-state index contributed by atoms with van der Waals surface area (Å²) in [5.74, 6) is 0.310. The van der Waals surface area contributed by atoms with Gasteiger partial charge in [-0.1, -0.05) is 0 Å². The third-order valence-electron chi connectivity index (χ3n) is 4.49. The Bertz CT molecular complexity index is 1260. The van der Waals surface area contributed by atoms with Crippen LogP contribution in [0.15, 0.2) is 35.3 Å². The average molecular weight is 350 g/mol. The Balaban J connectivity index is 1.76. The topological polar surface area (TPSA) is 118 Å². The number of ether oxygens (including phenoxy) is 1. The number of hydrogen-bond donors (Lipinski definition) is 3. The molecule has 1 aliphatic rings. The van der Waals surface area contributed by atoms with Crippen molar-refractivity contribution in [1.29, 1.82) is 0 Å². The zero-order chi connectivity index (χ0) is 18.1. The van der Waals surface area contributed by atoms with Crippen molar-refractivity contribution >= 4 is 33.8 Å². The van der Waals surface area contributed by atoms with E-state index in [9.17, 15) is 9.59 Å². The molecule has 4 aromatic rings. The first kappa shape index (κ1) is 14.7. The number of nitrogens with zero attached hydrogens (tertiary/aromatic N) is 3. The van der Waals surface area contributed by atoms with Crippen LogP contribution in [0, 0.1) is 0 Å². The molecule has 0 radical (unpaired) electrons. The van der Waals surface area contributed by atoms with E-state index in [0.29, 0.717) is 33.9 Å². The SMILES string of the molecule is CC1(C)Oc2ccc(-n3c(=O)[nH]c4nnc5[nH]ccc5c43)cc2NC1=O. The molecule has 26 heavy (non-hydrogen) atoms. The van der Waals surface area contributed by atoms with E-state index in [1.807, 2.05) is 6.07 Å². The molecule has 0 saturated heterocycles. The van der Waals surface area contributed by atoms with E-state index < -0.39 is 5.60 Å². The second kappa shape index (κ2) is 4.72. The van der Waals surface area contributed by atoms with Crippen molar-refractivity contribution in [1.82, 2.24) is 24.7 Å². The smallest absolute Gasteiger partial charge is 0.332 e. The summed E-state index contributed by atoms with van der Waals surface area (Å²) in [7, 11) is 0. The third-order valence-corrected chi connectivity index (χ3v) is 4.49. The van der Waals surface area contributed by atoms with Crippen LogP contribution in [-0.4, -0.2) is 36.2 Å². The molecule has 0 saturated carbocycles. The minimum absolute atomic E-state index is 0.243. The molecule has 0 bridgehead atoms. The maximum Gasteiger partial charge on any atom is 0.332 e. The van der Waals surface area contributed by atoms with Crippen LogP contribution in [0.1, 0.15) is 13.8 Å². The molecule has 3 aromatic heterocycles. The first-order valence-electron chi connectivity index (χ1n) is 8.03. The maximum atomic E-state index is 12.6. The van der Waals surface area contributed by atoms with Gasteiger partial charge in [0.25, 0.3) is 5.91 Å². The zero-order valence-corrected chi connectivity index (χ0v) is 14.0. The highest BCUT2D eigenvalue weighted by Gasteiger charge is 2.35. The fraction of sp³-hybridized carbons (Fsp3) is 0.176. The number of hydrogen-bond acceptors (Lipinski definition) is 5. The lowest BCUT2D eigenvalue weighted by atomic mass is 10.1. The van der Waals surface area contributed by atoms with Gasteiger partial charge < -0.3 is 15.0 Å². The Kier molecular flexibility index (Phi) is 2.67. The average Bonchev–Trinajstić information content (AvgIpc) is 3.18. The highest BCUT2D eigenvalue weighted by atomic mass is 16.5. The molecule has 130 valence electrons. The van der Waals surface area contributed by atoms with Crippen LogP contribution in [0.25, 0.3) is 27.9 Å². The molecule has 0 aliphatic carbocycles. The van der Waals surface area contributed by atoms with Crippen LogP contribution >= 0.6 is 0 Å². The molecule has 0 spiro atoms. The molecule has 9 heteroatoms. The van der Waals surface area contributed by atoms with Crippen molar-refractivity contribution in [3.63, 3.8) is 0 Å². The monoisotopic (exact) mass is 350 g/mol. The van der Waals surface area contributed by atoms with Crippen LogP contribution < -0.4 is 15.7 Å². The molecule has 1 amide bonds. The number of nitrogens with one attached hydrogen (secondary N) is 3. The summed E-state index contributed by atoms with van der Waals surface area (Å²) in [6, 6.07) is 7.04. The van der Waals surface area contributed by atoms with E-state index in [1.54, 1.807) is 38.2 Å². The van der Waals surface area contributed by atoms with E-state index in [1.165, 1.54) is 4.57 Å². The second-order valence-corrected chi connectivity index (χ2v) is 6.65. The quantitative estimate of drug-likeness (QED) is 0.483. The number of imidazole rings is 1. The summed E-state index contributed by atoms with van der Waals surface area (Å²) in [4.78, 5) is 30.4. The number of H-pyrrole nitrogens is 2. The molecule has 1 aromatic carbocycles. The molecule has 5 rings (SSSR count). The third kappa shape index (κ3) is 1.91. The number of amides is 1. The lowest BCUT2D eigenvalue weighted by Gasteiger charge is -2.31. The predicted octanol–water partition coefficient (Wildman–Crippen LogP) is 1.70. The van der Waals surface area contributed by atoms with Crippen LogP contribution in [0.5, 0.6) is 5.75 Å². The first-order chi connectivity index (χ1) is 12.4. The van der Waals surface area contributed by atoms with E-state index >= 15 is 0 Å². The summed E-state index contributed by atoms with van der Waals surface area (Å²) in [6.07, 6.45) is 1.74. The summed E-state index contributed by atoms with van der Waals surface area (Å²) >= 11 is 0. The van der Waals surface area contributed by atoms with Crippen molar-refractivity contribution in [3.8, 4) is 11.4 Å². The molecule has 0 unspecified atom stereocenters. The van der Waals surface area contributed by atoms with Gasteiger partial charge in [0.1, 0.15) is 11.3 Å². The summed E-state index contributed by atoms with van der Waals surface area (Å²) in [6.45, 7) is 3.40. The molecule has 1 aliphatic heterocycles. The number of rotatable bonds is 1. The zero-order valence-electron chi connectivity index (χ0n) is 14.0. The standard InChI is InChI=1S/C17H14N6O3/c1-17(2)15(24)19-10-7-8(3-4-11(10)26-17)23-12-9-5-6-18-13(9)21-22-14(12)20-16(23)25/h3-7H,1-2H3,(H,18,21)(H,19,24)(H,20,22,25). The second-order valence-electron chi connectivity index (χ2n) is 6.65. The van der Waals surface area contributed by atoms with Crippen LogP contribution in [0.3, 0.4) is 0 Å². The van der Waals surface area contributed by atoms with Crippen molar-refractivity contribution in [2.45, 2.75) is 19.4 Å². The summed E-state index contributed by atoms with van der Waals surface area (Å²) in [5, 5.41) is 11.7. The van der Waals surface area contributed by atoms with Crippen molar-refractivity contribution < 1.29 is 9.53 Å². The largest absolute Gasteiger partial charge is 0.476 e. The van der Waals surface area contributed by atoms with E-state index in [0.717, 1.165) is 5.39 Å². The Morgan fingerprint density at radius 3 is 2.77 bits per heavy atom. The fourth-order valence-electron chi connectivity index (χ4n) is 3.16. The van der Waals surface area contributed by atoms with Crippen molar-refractivity contribution in [2.24, 2.45) is 0 Å². The number of aromatic amines is 2. The molecule has 9 nitrogen and oxygen atoms in total. The van der Waals surface area contributed by atoms with Crippen LogP contribution in [0.4, 0.5) is 5.69 Å². The molecular weight excluding hydrogens is 336 g/mol. The van der Waals surface area contributed by atoms with Crippen LogP contribution in [0.2, 0.25) is 0 Å². The minimum Gasteiger partial charge on any atom is -0.476 e. The highest BCUT2D eigenvalue weighted by Crippen LogP contribution is 2.35. The van der Waals surface area contributed by atoms with Gasteiger partial charge in [-0.3, -0.25) is 14.3 Å². The maximum absolute atomic E-state index is 12.6. The van der Waals surface area contributed by atoms with Gasteiger partial charge in [0.2, 0.25) is 0 Å².